The first-order chi connectivity index (χ1) is 21.4. The summed E-state index contributed by atoms with van der Waals surface area (Å²) in [5.74, 6) is -0.356. The maximum atomic E-state index is 13.6. The number of halogens is 3. The summed E-state index contributed by atoms with van der Waals surface area (Å²) in [5, 5.41) is -0.0449. The SMILES string of the molecule is CC(=O)O[C@@H]1c2nc(C(C)C)c3c(c2C(O[Si](C)(C)C(C)(C)C)CC12CCC2)C1(CCOCC1)O[C@@H]3c1ccc(C(F)(F)F)cc1. The van der Waals surface area contributed by atoms with Gasteiger partial charge in [-0.3, -0.25) is 9.78 Å². The highest BCUT2D eigenvalue weighted by atomic mass is 28.4. The lowest BCUT2D eigenvalue weighted by Gasteiger charge is -2.54. The molecule has 3 atom stereocenters. The molecule has 2 aliphatic carbocycles. The van der Waals surface area contributed by atoms with Gasteiger partial charge in [-0.15, -0.1) is 0 Å². The van der Waals surface area contributed by atoms with E-state index in [4.69, 9.17) is 23.6 Å². The van der Waals surface area contributed by atoms with Crippen molar-refractivity contribution in [2.75, 3.05) is 13.2 Å². The highest BCUT2D eigenvalue weighted by Crippen LogP contribution is 2.65. The molecular formula is C36H48F3NO5Si. The van der Waals surface area contributed by atoms with Crippen molar-refractivity contribution in [2.24, 2.45) is 5.41 Å². The summed E-state index contributed by atoms with van der Waals surface area (Å²) < 4.78 is 67.3. The lowest BCUT2D eigenvalue weighted by Crippen LogP contribution is -2.49. The largest absolute Gasteiger partial charge is 0.455 e. The predicted molar refractivity (Wildman–Crippen MR) is 171 cm³/mol. The van der Waals surface area contributed by atoms with E-state index in [0.29, 0.717) is 31.6 Å². The zero-order valence-corrected chi connectivity index (χ0v) is 29.4. The van der Waals surface area contributed by atoms with Crippen molar-refractivity contribution in [1.82, 2.24) is 4.98 Å². The number of carbonyl (C=O) groups is 1. The number of benzene rings is 1. The van der Waals surface area contributed by atoms with Gasteiger partial charge in [-0.2, -0.15) is 13.2 Å². The summed E-state index contributed by atoms with van der Waals surface area (Å²) in [7, 11) is -2.31. The number of rotatable bonds is 5. The van der Waals surface area contributed by atoms with Crippen molar-refractivity contribution >= 4 is 14.3 Å². The Bertz CT molecular complexity index is 1490. The Hall–Kier alpha value is -2.27. The van der Waals surface area contributed by atoms with Crippen LogP contribution in [0.25, 0.3) is 0 Å². The fraction of sp³-hybridized carbons (Fsp3) is 0.667. The molecule has 1 unspecified atom stereocenters. The minimum absolute atomic E-state index is 0.0217. The van der Waals surface area contributed by atoms with Crippen LogP contribution in [-0.4, -0.2) is 32.5 Å². The number of alkyl halides is 3. The van der Waals surface area contributed by atoms with Gasteiger partial charge >= 0.3 is 12.1 Å². The van der Waals surface area contributed by atoms with Crippen LogP contribution in [0, 0.1) is 5.41 Å². The molecule has 1 saturated carbocycles. The van der Waals surface area contributed by atoms with Crippen LogP contribution in [0.3, 0.4) is 0 Å². The molecule has 0 N–H and O–H groups in total. The Morgan fingerprint density at radius 3 is 2.15 bits per heavy atom. The van der Waals surface area contributed by atoms with Gasteiger partial charge in [0.05, 0.1) is 23.0 Å². The molecule has 0 amide bonds. The second-order valence-corrected chi connectivity index (χ2v) is 20.5. The Morgan fingerprint density at radius 2 is 1.65 bits per heavy atom. The summed E-state index contributed by atoms with van der Waals surface area (Å²) in [6.45, 7) is 17.9. The molecule has 4 aliphatic rings. The summed E-state index contributed by atoms with van der Waals surface area (Å²) >= 11 is 0. The second-order valence-electron chi connectivity index (χ2n) is 15.7. The quantitative estimate of drug-likeness (QED) is 0.235. The van der Waals surface area contributed by atoms with Crippen LogP contribution < -0.4 is 0 Å². The molecule has 2 fully saturated rings. The topological polar surface area (TPSA) is 66.9 Å². The summed E-state index contributed by atoms with van der Waals surface area (Å²) in [4.78, 5) is 18.1. The van der Waals surface area contributed by atoms with E-state index in [9.17, 15) is 18.0 Å². The maximum absolute atomic E-state index is 13.6. The number of esters is 1. The highest BCUT2D eigenvalue weighted by Gasteiger charge is 2.59. The molecule has 252 valence electrons. The molecule has 6 rings (SSSR count). The lowest BCUT2D eigenvalue weighted by atomic mass is 9.57. The molecule has 1 aromatic heterocycles. The lowest BCUT2D eigenvalue weighted by molar-refractivity contribution is -0.167. The van der Waals surface area contributed by atoms with E-state index in [2.05, 4.69) is 47.7 Å². The fourth-order valence-corrected chi connectivity index (χ4v) is 9.08. The minimum atomic E-state index is -4.43. The van der Waals surface area contributed by atoms with E-state index in [1.165, 1.54) is 19.1 Å². The number of ether oxygens (including phenoxy) is 3. The average molecular weight is 660 g/mol. The number of fused-ring (bicyclic) bond motifs is 4. The van der Waals surface area contributed by atoms with Gasteiger partial charge in [-0.1, -0.05) is 53.2 Å². The predicted octanol–water partition coefficient (Wildman–Crippen LogP) is 9.59. The molecule has 2 spiro atoms. The summed E-state index contributed by atoms with van der Waals surface area (Å²) in [6.07, 6.45) is -0.982. The van der Waals surface area contributed by atoms with Crippen molar-refractivity contribution in [3.8, 4) is 0 Å². The van der Waals surface area contributed by atoms with Gasteiger partial charge < -0.3 is 18.6 Å². The zero-order valence-electron chi connectivity index (χ0n) is 28.4. The summed E-state index contributed by atoms with van der Waals surface area (Å²) in [5.41, 5.74) is 3.50. The van der Waals surface area contributed by atoms with E-state index in [1.54, 1.807) is 0 Å². The fourth-order valence-electron chi connectivity index (χ4n) is 7.81. The standard InChI is InChI=1S/C36H48F3NO5Si/c1-21(2)29-27-28(35(16-18-42-19-17-35)44-31(27)23-10-12-24(13-11-23)36(37,38)39)26-25(45-46(7,8)33(4,5)6)20-34(14-9-15-34)32(30(26)40-29)43-22(3)41/h10-13,21,25,31-32H,9,14-20H2,1-8H3/t25?,31-,32-/m1/s1. The third-order valence-corrected chi connectivity index (χ3v) is 15.9. The van der Waals surface area contributed by atoms with Crippen molar-refractivity contribution in [3.05, 3.63) is 63.5 Å². The van der Waals surface area contributed by atoms with E-state index in [-0.39, 0.29) is 28.4 Å². The van der Waals surface area contributed by atoms with Crippen LogP contribution in [-0.2, 0) is 35.2 Å². The monoisotopic (exact) mass is 659 g/mol. The van der Waals surface area contributed by atoms with Crippen LogP contribution >= 0.6 is 0 Å². The summed E-state index contributed by atoms with van der Waals surface area (Å²) in [6, 6.07) is 5.34. The Balaban J connectivity index is 1.64. The van der Waals surface area contributed by atoms with E-state index in [0.717, 1.165) is 65.9 Å². The molecule has 2 aromatic rings. The smallest absolute Gasteiger partial charge is 0.416 e. The van der Waals surface area contributed by atoms with Gasteiger partial charge in [0.1, 0.15) is 12.2 Å². The van der Waals surface area contributed by atoms with Crippen molar-refractivity contribution in [2.45, 2.75) is 134 Å². The maximum Gasteiger partial charge on any atom is 0.416 e. The average Bonchev–Trinajstić information content (AvgIpc) is 3.25. The van der Waals surface area contributed by atoms with Crippen LogP contribution in [0.15, 0.2) is 24.3 Å². The number of hydrogen-bond acceptors (Lipinski definition) is 6. The van der Waals surface area contributed by atoms with Crippen molar-refractivity contribution in [3.63, 3.8) is 0 Å². The molecule has 1 saturated heterocycles. The Kier molecular flexibility index (Phi) is 8.34. The molecule has 1 aromatic carbocycles. The normalized spacial score (nSPS) is 25.3. The number of nitrogens with zero attached hydrogens (tertiary/aromatic N) is 1. The van der Waals surface area contributed by atoms with E-state index >= 15 is 0 Å². The third-order valence-electron chi connectivity index (χ3n) is 11.4. The second kappa shape index (κ2) is 11.4. The van der Waals surface area contributed by atoms with E-state index < -0.39 is 37.9 Å². The zero-order chi connectivity index (χ0) is 33.4. The Labute approximate surface area is 271 Å². The molecular weight excluding hydrogens is 611 g/mol. The van der Waals surface area contributed by atoms with Crippen molar-refractivity contribution in [1.29, 1.82) is 0 Å². The third kappa shape index (κ3) is 5.54. The van der Waals surface area contributed by atoms with Crippen LogP contribution in [0.5, 0.6) is 0 Å². The van der Waals surface area contributed by atoms with Gasteiger partial charge in [-0.25, -0.2) is 0 Å². The minimum Gasteiger partial charge on any atom is -0.455 e. The molecule has 0 radical (unpaired) electrons. The number of hydrogen-bond donors (Lipinski definition) is 0. The van der Waals surface area contributed by atoms with Crippen LogP contribution in [0.2, 0.25) is 18.1 Å². The van der Waals surface area contributed by atoms with E-state index in [1.807, 2.05) is 0 Å². The number of pyridine rings is 1. The molecule has 6 nitrogen and oxygen atoms in total. The number of carbonyl (C=O) groups excluding carboxylic acids is 1. The highest BCUT2D eigenvalue weighted by molar-refractivity contribution is 6.74. The Morgan fingerprint density at radius 1 is 1.02 bits per heavy atom. The first-order valence-corrected chi connectivity index (χ1v) is 19.7. The number of aromatic nitrogens is 1. The molecule has 3 heterocycles. The van der Waals surface area contributed by atoms with Gasteiger partial charge in [-0.05, 0) is 66.6 Å². The van der Waals surface area contributed by atoms with Gasteiger partial charge in [0.2, 0.25) is 0 Å². The van der Waals surface area contributed by atoms with Gasteiger partial charge in [0.25, 0.3) is 0 Å². The van der Waals surface area contributed by atoms with Crippen LogP contribution in [0.4, 0.5) is 13.2 Å². The first kappa shape index (κ1) is 33.6. The molecule has 46 heavy (non-hydrogen) atoms. The molecule has 2 aliphatic heterocycles. The molecule has 0 bridgehead atoms. The molecule has 10 heteroatoms. The van der Waals surface area contributed by atoms with Crippen molar-refractivity contribution < 1.29 is 36.6 Å². The van der Waals surface area contributed by atoms with Gasteiger partial charge in [0, 0.05) is 55.2 Å². The van der Waals surface area contributed by atoms with Gasteiger partial charge in [0.15, 0.2) is 8.32 Å². The van der Waals surface area contributed by atoms with Crippen LogP contribution in [0.1, 0.15) is 144 Å². The first-order valence-electron chi connectivity index (χ1n) is 16.7.